The fraction of sp³-hybridized carbons (Fsp3) is 0.844. The number of allylic oxidation sites excluding steroid dienone is 7. The highest BCUT2D eigenvalue weighted by molar-refractivity contribution is 5.76. The van der Waals surface area contributed by atoms with Crippen LogP contribution in [0.5, 0.6) is 0 Å². The smallest absolute Gasteiger partial charge is 0.305 e. The molecule has 0 spiro atoms. The normalized spacial score (nSPS) is 12.9. The third-order valence-electron chi connectivity index (χ3n) is 14.1. The van der Waals surface area contributed by atoms with Gasteiger partial charge >= 0.3 is 5.97 Å². The summed E-state index contributed by atoms with van der Waals surface area (Å²) in [4.78, 5) is 24.5. The summed E-state index contributed by atoms with van der Waals surface area (Å²) >= 11 is 0. The largest absolute Gasteiger partial charge is 0.466 e. The van der Waals surface area contributed by atoms with Gasteiger partial charge in [-0.05, 0) is 89.9 Å². The number of aliphatic hydroxyl groups is 2. The van der Waals surface area contributed by atoms with E-state index in [1.54, 1.807) is 6.08 Å². The first-order chi connectivity index (χ1) is 34.5. The van der Waals surface area contributed by atoms with Crippen LogP contribution >= 0.6 is 0 Å². The van der Waals surface area contributed by atoms with Crippen LogP contribution in [0.3, 0.4) is 0 Å². The van der Waals surface area contributed by atoms with E-state index < -0.39 is 12.1 Å². The quantitative estimate of drug-likeness (QED) is 0.0321. The first-order valence-corrected chi connectivity index (χ1v) is 30.9. The van der Waals surface area contributed by atoms with Crippen molar-refractivity contribution < 1.29 is 24.5 Å². The number of amides is 1. The molecule has 0 bridgehead atoms. The van der Waals surface area contributed by atoms with Gasteiger partial charge in [-0.2, -0.15) is 0 Å². The molecule has 0 aliphatic rings. The summed E-state index contributed by atoms with van der Waals surface area (Å²) in [5.41, 5.74) is 0. The lowest BCUT2D eigenvalue weighted by Gasteiger charge is -2.20. The van der Waals surface area contributed by atoms with Crippen LogP contribution in [0.4, 0.5) is 0 Å². The van der Waals surface area contributed by atoms with Crippen molar-refractivity contribution in [2.24, 2.45) is 0 Å². The number of rotatable bonds is 57. The predicted octanol–water partition coefficient (Wildman–Crippen LogP) is 19.4. The zero-order chi connectivity index (χ0) is 50.7. The van der Waals surface area contributed by atoms with E-state index in [0.717, 1.165) is 51.4 Å². The van der Waals surface area contributed by atoms with Crippen LogP contribution in [0, 0.1) is 0 Å². The van der Waals surface area contributed by atoms with Gasteiger partial charge in [-0.25, -0.2) is 0 Å². The van der Waals surface area contributed by atoms with Gasteiger partial charge in [0.15, 0.2) is 0 Å². The van der Waals surface area contributed by atoms with Crippen molar-refractivity contribution in [2.45, 2.75) is 334 Å². The van der Waals surface area contributed by atoms with Crippen molar-refractivity contribution in [2.75, 3.05) is 13.2 Å². The number of hydrogen-bond donors (Lipinski definition) is 3. The predicted molar refractivity (Wildman–Crippen MR) is 306 cm³/mol. The van der Waals surface area contributed by atoms with Gasteiger partial charge in [0.1, 0.15) is 0 Å². The number of nitrogens with one attached hydrogen (secondary N) is 1. The molecular weight excluding hydrogens is 863 g/mol. The molecule has 0 aliphatic carbocycles. The van der Waals surface area contributed by atoms with Crippen LogP contribution < -0.4 is 5.32 Å². The molecule has 0 heterocycles. The maximum atomic E-state index is 12.4. The summed E-state index contributed by atoms with van der Waals surface area (Å²) < 4.78 is 5.48. The van der Waals surface area contributed by atoms with E-state index in [2.05, 4.69) is 55.6 Å². The lowest BCUT2D eigenvalue weighted by molar-refractivity contribution is -0.143. The van der Waals surface area contributed by atoms with Crippen molar-refractivity contribution in [3.05, 3.63) is 48.6 Å². The zero-order valence-corrected chi connectivity index (χ0v) is 46.7. The SMILES string of the molecule is CCCCC/C=C\C/C=C\CCCCCCCC(=O)OCCCCCCCCCCCCCC/C=C\CCCCCCCCCCCCCCC(=O)NC(CO)C(O)/C=C/CCCCCCCCCC. The summed E-state index contributed by atoms with van der Waals surface area (Å²) in [6.45, 7) is 4.86. The molecule has 0 saturated heterocycles. The number of hydrogen-bond acceptors (Lipinski definition) is 5. The number of unbranched alkanes of at least 4 members (excludes halogenated alkanes) is 40. The third kappa shape index (κ3) is 55.1. The molecule has 6 nitrogen and oxygen atoms in total. The van der Waals surface area contributed by atoms with E-state index >= 15 is 0 Å². The Morgan fingerprint density at radius 2 is 0.714 bits per heavy atom. The summed E-state index contributed by atoms with van der Waals surface area (Å²) in [5, 5.41) is 23.0. The Morgan fingerprint density at radius 3 is 1.13 bits per heavy atom. The molecule has 1 amide bonds. The van der Waals surface area contributed by atoms with Crippen LogP contribution in [-0.4, -0.2) is 47.4 Å². The van der Waals surface area contributed by atoms with Crippen LogP contribution in [0.15, 0.2) is 48.6 Å². The fourth-order valence-corrected chi connectivity index (χ4v) is 9.31. The second kappa shape index (κ2) is 59.4. The van der Waals surface area contributed by atoms with Gasteiger partial charge in [0.2, 0.25) is 5.91 Å². The molecule has 0 aromatic rings. The zero-order valence-electron chi connectivity index (χ0n) is 46.7. The van der Waals surface area contributed by atoms with Crippen LogP contribution in [0.2, 0.25) is 0 Å². The summed E-state index contributed by atoms with van der Waals surface area (Å²) in [6, 6.07) is -0.626. The molecule has 0 aromatic heterocycles. The van der Waals surface area contributed by atoms with Gasteiger partial charge in [-0.3, -0.25) is 9.59 Å². The van der Waals surface area contributed by atoms with Crippen molar-refractivity contribution >= 4 is 11.9 Å². The van der Waals surface area contributed by atoms with Crippen LogP contribution in [0.1, 0.15) is 322 Å². The number of aliphatic hydroxyl groups excluding tert-OH is 2. The van der Waals surface area contributed by atoms with E-state index in [-0.39, 0.29) is 18.5 Å². The summed E-state index contributed by atoms with van der Waals surface area (Å²) in [5.74, 6) is -0.0690. The molecule has 0 aliphatic heterocycles. The van der Waals surface area contributed by atoms with Crippen LogP contribution in [-0.2, 0) is 14.3 Å². The molecule has 3 N–H and O–H groups in total. The summed E-state index contributed by atoms with van der Waals surface area (Å²) in [6.07, 6.45) is 75.9. The lowest BCUT2D eigenvalue weighted by Crippen LogP contribution is -2.45. The standard InChI is InChI=1S/C64H119NO5/c1-3-5-7-9-11-13-15-16-31-35-38-42-46-50-54-58-64(69)70-59-55-51-47-43-39-36-33-30-28-26-24-22-20-18-17-19-21-23-25-27-29-32-34-37-41-45-49-53-57-63(68)65-61(60-66)62(67)56-52-48-44-40-14-12-10-8-6-4-2/h11,13,16-18,31,52,56,61-62,66-67H,3-10,12,14-15,19-30,32-51,53-55,57-60H2,1-2H3,(H,65,68)/b13-11-,18-17-,31-16-,56-52+. The van der Waals surface area contributed by atoms with E-state index in [0.29, 0.717) is 19.4 Å². The molecule has 0 fully saturated rings. The Bertz CT molecular complexity index is 1180. The lowest BCUT2D eigenvalue weighted by atomic mass is 10.0. The molecule has 6 heteroatoms. The van der Waals surface area contributed by atoms with Crippen LogP contribution in [0.25, 0.3) is 0 Å². The van der Waals surface area contributed by atoms with Crippen molar-refractivity contribution in [1.29, 1.82) is 0 Å². The van der Waals surface area contributed by atoms with Crippen molar-refractivity contribution in [3.63, 3.8) is 0 Å². The molecule has 0 aromatic carbocycles. The number of ether oxygens (including phenoxy) is 1. The minimum absolute atomic E-state index is 0.000950. The highest BCUT2D eigenvalue weighted by Gasteiger charge is 2.18. The Hall–Kier alpha value is -2.18. The second-order valence-electron chi connectivity index (χ2n) is 21.0. The number of esters is 1. The molecule has 0 saturated carbocycles. The van der Waals surface area contributed by atoms with E-state index in [4.69, 9.17) is 4.74 Å². The Labute approximate surface area is 436 Å². The minimum atomic E-state index is -0.843. The van der Waals surface area contributed by atoms with Crippen molar-refractivity contribution in [1.82, 2.24) is 5.32 Å². The fourth-order valence-electron chi connectivity index (χ4n) is 9.31. The molecule has 70 heavy (non-hydrogen) atoms. The average molecular weight is 983 g/mol. The third-order valence-corrected chi connectivity index (χ3v) is 14.1. The minimum Gasteiger partial charge on any atom is -0.466 e. The molecule has 410 valence electrons. The van der Waals surface area contributed by atoms with E-state index in [1.807, 2.05) is 6.08 Å². The second-order valence-corrected chi connectivity index (χ2v) is 21.0. The van der Waals surface area contributed by atoms with E-state index in [9.17, 15) is 19.8 Å². The molecule has 0 radical (unpaired) electrons. The molecular formula is C64H119NO5. The molecule has 2 unspecified atom stereocenters. The van der Waals surface area contributed by atoms with Crippen molar-refractivity contribution in [3.8, 4) is 0 Å². The van der Waals surface area contributed by atoms with Gasteiger partial charge in [0.25, 0.3) is 0 Å². The van der Waals surface area contributed by atoms with Gasteiger partial charge in [0.05, 0.1) is 25.4 Å². The first-order valence-electron chi connectivity index (χ1n) is 30.9. The van der Waals surface area contributed by atoms with Gasteiger partial charge in [-0.15, -0.1) is 0 Å². The molecule has 0 rings (SSSR count). The Kier molecular flexibility index (Phi) is 57.5. The topological polar surface area (TPSA) is 95.9 Å². The van der Waals surface area contributed by atoms with E-state index in [1.165, 1.54) is 244 Å². The number of carbonyl (C=O) groups excluding carboxylic acids is 2. The molecule has 2 atom stereocenters. The Balaban J connectivity index is 3.38. The highest BCUT2D eigenvalue weighted by Crippen LogP contribution is 2.16. The number of carbonyl (C=O) groups is 2. The van der Waals surface area contributed by atoms with Gasteiger partial charge in [-0.1, -0.05) is 268 Å². The Morgan fingerprint density at radius 1 is 0.400 bits per heavy atom. The first kappa shape index (κ1) is 67.8. The van der Waals surface area contributed by atoms with Gasteiger partial charge in [0, 0.05) is 12.8 Å². The monoisotopic (exact) mass is 982 g/mol. The maximum absolute atomic E-state index is 12.4. The maximum Gasteiger partial charge on any atom is 0.305 e. The summed E-state index contributed by atoms with van der Waals surface area (Å²) in [7, 11) is 0. The average Bonchev–Trinajstić information content (AvgIpc) is 3.36. The van der Waals surface area contributed by atoms with Gasteiger partial charge < -0.3 is 20.3 Å². The highest BCUT2D eigenvalue weighted by atomic mass is 16.5.